The predicted octanol–water partition coefficient (Wildman–Crippen LogP) is 2.36. The Morgan fingerprint density at radius 2 is 1.74 bits per heavy atom. The molecular weight excluding hydrogens is 348 g/mol. The molecule has 27 heavy (non-hydrogen) atoms. The van der Waals surface area contributed by atoms with Gasteiger partial charge in [0.25, 0.3) is 0 Å². The molecule has 2 atom stereocenters. The third-order valence-electron chi connectivity index (χ3n) is 3.38. The minimum absolute atomic E-state index is 0.305. The van der Waals surface area contributed by atoms with Gasteiger partial charge in [0.05, 0.1) is 7.11 Å². The highest BCUT2D eigenvalue weighted by Gasteiger charge is 2.25. The second-order valence-corrected chi connectivity index (χ2v) is 7.07. The van der Waals surface area contributed by atoms with E-state index in [9.17, 15) is 14.4 Å². The van der Waals surface area contributed by atoms with Gasteiger partial charge in [0.1, 0.15) is 11.6 Å². The molecular formula is C20H28N2O5. The molecule has 0 heterocycles. The molecule has 7 nitrogen and oxygen atoms in total. The lowest BCUT2D eigenvalue weighted by Gasteiger charge is -2.24. The van der Waals surface area contributed by atoms with Crippen LogP contribution in [-0.2, 0) is 25.5 Å². The number of rotatable bonds is 7. The van der Waals surface area contributed by atoms with Gasteiger partial charge >= 0.3 is 12.1 Å². The van der Waals surface area contributed by atoms with E-state index in [-0.39, 0.29) is 5.91 Å². The zero-order chi connectivity index (χ0) is 20.4. The van der Waals surface area contributed by atoms with Crippen LogP contribution in [0, 0.1) is 0 Å². The molecule has 0 spiro atoms. The lowest BCUT2D eigenvalue weighted by Crippen LogP contribution is -2.50. The van der Waals surface area contributed by atoms with Crippen LogP contribution in [0.5, 0.6) is 0 Å². The van der Waals surface area contributed by atoms with Gasteiger partial charge in [-0.3, -0.25) is 4.79 Å². The maximum atomic E-state index is 12.6. The van der Waals surface area contributed by atoms with Crippen molar-refractivity contribution in [1.82, 2.24) is 10.6 Å². The van der Waals surface area contributed by atoms with Gasteiger partial charge in [0.2, 0.25) is 5.91 Å². The summed E-state index contributed by atoms with van der Waals surface area (Å²) in [6.45, 7) is 6.96. The molecule has 1 aromatic rings. The number of benzene rings is 1. The molecule has 0 radical (unpaired) electrons. The summed E-state index contributed by atoms with van der Waals surface area (Å²) >= 11 is 0. The Kier molecular flexibility index (Phi) is 8.51. The zero-order valence-electron chi connectivity index (χ0n) is 16.4. The van der Waals surface area contributed by atoms with Crippen molar-refractivity contribution in [3.8, 4) is 0 Å². The van der Waals surface area contributed by atoms with Crippen LogP contribution in [0.4, 0.5) is 4.79 Å². The summed E-state index contributed by atoms with van der Waals surface area (Å²) in [5.41, 5.74) is 0.223. The van der Waals surface area contributed by atoms with Crippen molar-refractivity contribution in [3.05, 3.63) is 48.0 Å². The van der Waals surface area contributed by atoms with E-state index < -0.39 is 29.7 Å². The Labute approximate surface area is 160 Å². The van der Waals surface area contributed by atoms with Crippen molar-refractivity contribution in [2.45, 2.75) is 51.8 Å². The van der Waals surface area contributed by atoms with Crippen LogP contribution < -0.4 is 10.6 Å². The van der Waals surface area contributed by atoms with Crippen LogP contribution in [0.3, 0.4) is 0 Å². The van der Waals surface area contributed by atoms with E-state index in [1.807, 2.05) is 30.3 Å². The van der Waals surface area contributed by atoms with E-state index in [0.29, 0.717) is 6.42 Å². The summed E-state index contributed by atoms with van der Waals surface area (Å²) in [6.07, 6.45) is 2.38. The third kappa shape index (κ3) is 9.44. The number of ether oxygens (including phenoxy) is 2. The summed E-state index contributed by atoms with van der Waals surface area (Å²) < 4.78 is 9.77. The number of hydrogen-bond acceptors (Lipinski definition) is 5. The first kappa shape index (κ1) is 22.2. The molecule has 2 amide bonds. The van der Waals surface area contributed by atoms with Crippen molar-refractivity contribution >= 4 is 18.0 Å². The number of carbonyl (C=O) groups excluding carboxylic acids is 3. The van der Waals surface area contributed by atoms with Gasteiger partial charge in [0, 0.05) is 18.5 Å². The van der Waals surface area contributed by atoms with Crippen LogP contribution in [0.15, 0.2) is 42.5 Å². The van der Waals surface area contributed by atoms with Gasteiger partial charge in [-0.1, -0.05) is 36.4 Å². The van der Waals surface area contributed by atoms with Crippen molar-refractivity contribution in [1.29, 1.82) is 0 Å². The van der Waals surface area contributed by atoms with Crippen LogP contribution in [0.2, 0.25) is 0 Å². The Morgan fingerprint density at radius 3 is 2.30 bits per heavy atom. The molecule has 0 aliphatic rings. The minimum Gasteiger partial charge on any atom is -0.466 e. The van der Waals surface area contributed by atoms with E-state index in [1.54, 1.807) is 27.7 Å². The van der Waals surface area contributed by atoms with Gasteiger partial charge in [-0.15, -0.1) is 0 Å². The molecule has 2 N–H and O–H groups in total. The molecule has 0 saturated heterocycles. The highest BCUT2D eigenvalue weighted by atomic mass is 16.6. The highest BCUT2D eigenvalue weighted by molar-refractivity contribution is 5.86. The standard InChI is InChI=1S/C20H28N2O5/c1-14(11-12-17(23)26-5)21-18(24)16(13-15-9-7-6-8-10-15)22-19(25)27-20(2,3)4/h6-12,14,16H,13H2,1-5H3,(H,21,24)(H,22,25)/b12-11+/t14-,16-/m0/s1. The lowest BCUT2D eigenvalue weighted by molar-refractivity contribution is -0.135. The van der Waals surface area contributed by atoms with Crippen LogP contribution in [0.1, 0.15) is 33.3 Å². The molecule has 0 aromatic heterocycles. The molecule has 7 heteroatoms. The molecule has 148 valence electrons. The van der Waals surface area contributed by atoms with E-state index in [0.717, 1.165) is 5.56 Å². The number of nitrogens with one attached hydrogen (secondary N) is 2. The number of hydrogen-bond donors (Lipinski definition) is 2. The number of carbonyl (C=O) groups is 3. The first-order valence-corrected chi connectivity index (χ1v) is 8.70. The Hall–Kier alpha value is -2.83. The Bertz CT molecular complexity index is 665. The molecule has 0 fully saturated rings. The maximum Gasteiger partial charge on any atom is 0.408 e. The second-order valence-electron chi connectivity index (χ2n) is 7.07. The van der Waals surface area contributed by atoms with E-state index in [1.165, 1.54) is 19.3 Å². The van der Waals surface area contributed by atoms with Crippen molar-refractivity contribution in [2.24, 2.45) is 0 Å². The molecule has 0 unspecified atom stereocenters. The quantitative estimate of drug-likeness (QED) is 0.563. The van der Waals surface area contributed by atoms with Gasteiger partial charge < -0.3 is 20.1 Å². The molecule has 0 aliphatic carbocycles. The number of esters is 1. The Morgan fingerprint density at radius 1 is 1.11 bits per heavy atom. The van der Waals surface area contributed by atoms with E-state index in [4.69, 9.17) is 4.74 Å². The van der Waals surface area contributed by atoms with Gasteiger partial charge in [0.15, 0.2) is 0 Å². The lowest BCUT2D eigenvalue weighted by atomic mass is 10.1. The summed E-state index contributed by atoms with van der Waals surface area (Å²) in [4.78, 5) is 35.9. The van der Waals surface area contributed by atoms with E-state index in [2.05, 4.69) is 15.4 Å². The van der Waals surface area contributed by atoms with Gasteiger partial charge in [-0.25, -0.2) is 9.59 Å². The topological polar surface area (TPSA) is 93.7 Å². The molecule has 0 saturated carbocycles. The monoisotopic (exact) mass is 376 g/mol. The fourth-order valence-electron chi connectivity index (χ4n) is 2.17. The van der Waals surface area contributed by atoms with Gasteiger partial charge in [-0.2, -0.15) is 0 Å². The van der Waals surface area contributed by atoms with Crippen LogP contribution >= 0.6 is 0 Å². The summed E-state index contributed by atoms with van der Waals surface area (Å²) in [7, 11) is 1.27. The average Bonchev–Trinajstić information content (AvgIpc) is 2.58. The van der Waals surface area contributed by atoms with E-state index >= 15 is 0 Å². The SMILES string of the molecule is COC(=O)/C=C/[C@H](C)NC(=O)[C@H](Cc1ccccc1)NC(=O)OC(C)(C)C. The maximum absolute atomic E-state index is 12.6. The molecule has 1 rings (SSSR count). The van der Waals surface area contributed by atoms with Crippen LogP contribution in [-0.4, -0.2) is 42.8 Å². The zero-order valence-corrected chi connectivity index (χ0v) is 16.4. The third-order valence-corrected chi connectivity index (χ3v) is 3.38. The van der Waals surface area contributed by atoms with Crippen LogP contribution in [0.25, 0.3) is 0 Å². The first-order chi connectivity index (χ1) is 12.6. The number of alkyl carbamates (subject to hydrolysis) is 1. The average molecular weight is 376 g/mol. The predicted molar refractivity (Wildman–Crippen MR) is 102 cm³/mol. The smallest absolute Gasteiger partial charge is 0.408 e. The highest BCUT2D eigenvalue weighted by Crippen LogP contribution is 2.09. The van der Waals surface area contributed by atoms with Crippen molar-refractivity contribution < 1.29 is 23.9 Å². The number of amides is 2. The Balaban J connectivity index is 2.82. The largest absolute Gasteiger partial charge is 0.466 e. The minimum atomic E-state index is -0.823. The first-order valence-electron chi connectivity index (χ1n) is 8.70. The van der Waals surface area contributed by atoms with Crippen molar-refractivity contribution in [3.63, 3.8) is 0 Å². The summed E-state index contributed by atoms with van der Waals surface area (Å²) in [5, 5.41) is 5.36. The normalized spacial score (nSPS) is 13.5. The number of methoxy groups -OCH3 is 1. The van der Waals surface area contributed by atoms with Crippen molar-refractivity contribution in [2.75, 3.05) is 7.11 Å². The molecule has 1 aromatic carbocycles. The molecule has 0 aliphatic heterocycles. The van der Waals surface area contributed by atoms with Gasteiger partial charge in [-0.05, 0) is 33.3 Å². The summed E-state index contributed by atoms with van der Waals surface area (Å²) in [5.74, 6) is -0.893. The fraction of sp³-hybridized carbons (Fsp3) is 0.450. The summed E-state index contributed by atoms with van der Waals surface area (Å²) in [6, 6.07) is 8.10. The fourth-order valence-corrected chi connectivity index (χ4v) is 2.17. The molecule has 0 bridgehead atoms. The second kappa shape index (κ2) is 10.4.